The van der Waals surface area contributed by atoms with Gasteiger partial charge < -0.3 is 10.4 Å². The topological polar surface area (TPSA) is 66.4 Å². The van der Waals surface area contributed by atoms with Crippen LogP contribution in [-0.2, 0) is 9.59 Å². The van der Waals surface area contributed by atoms with Crippen LogP contribution in [0.5, 0.6) is 0 Å². The minimum Gasteiger partial charge on any atom is -0.481 e. The van der Waals surface area contributed by atoms with Crippen LogP contribution < -0.4 is 5.32 Å². The van der Waals surface area contributed by atoms with Crippen molar-refractivity contribution < 1.29 is 14.7 Å². The molecule has 0 aromatic carbocycles. The molecule has 0 aliphatic heterocycles. The first kappa shape index (κ1) is 12.7. The molecule has 0 aromatic heterocycles. The van der Waals surface area contributed by atoms with Crippen molar-refractivity contribution in [2.24, 2.45) is 11.8 Å². The van der Waals surface area contributed by atoms with Crippen molar-refractivity contribution in [3.8, 4) is 0 Å². The highest BCUT2D eigenvalue weighted by molar-refractivity contribution is 8.00. The van der Waals surface area contributed by atoms with Gasteiger partial charge in [0.15, 0.2) is 0 Å². The fourth-order valence-electron chi connectivity index (χ4n) is 2.61. The number of amides is 1. The summed E-state index contributed by atoms with van der Waals surface area (Å²) in [6.45, 7) is 0.690. The van der Waals surface area contributed by atoms with Gasteiger partial charge in [0.25, 0.3) is 0 Å². The Hall–Kier alpha value is -0.710. The normalized spacial score (nSPS) is 29.9. The number of hydrogen-bond acceptors (Lipinski definition) is 3. The SMILES string of the molecule is CSC1(CNC(=O)[C@@H]2C[C@@H]2C(=O)O)CCCC1. The molecule has 2 fully saturated rings. The maximum Gasteiger partial charge on any atom is 0.307 e. The van der Waals surface area contributed by atoms with Gasteiger partial charge in [0.2, 0.25) is 5.91 Å². The number of hydrogen-bond donors (Lipinski definition) is 2. The summed E-state index contributed by atoms with van der Waals surface area (Å²) in [5.41, 5.74) is 0. The van der Waals surface area contributed by atoms with Crippen molar-refractivity contribution >= 4 is 23.6 Å². The van der Waals surface area contributed by atoms with Crippen molar-refractivity contribution in [1.82, 2.24) is 5.32 Å². The van der Waals surface area contributed by atoms with Crippen LogP contribution in [0.15, 0.2) is 0 Å². The summed E-state index contributed by atoms with van der Waals surface area (Å²) in [6, 6.07) is 0. The third kappa shape index (κ3) is 2.76. The fraction of sp³-hybridized carbons (Fsp3) is 0.833. The van der Waals surface area contributed by atoms with Crippen LogP contribution in [0, 0.1) is 11.8 Å². The number of carboxylic acid groups (broad SMARTS) is 1. The number of carbonyl (C=O) groups is 2. The van der Waals surface area contributed by atoms with E-state index in [9.17, 15) is 9.59 Å². The smallest absolute Gasteiger partial charge is 0.307 e. The van der Waals surface area contributed by atoms with Crippen LogP contribution >= 0.6 is 11.8 Å². The van der Waals surface area contributed by atoms with Crippen molar-refractivity contribution in [3.63, 3.8) is 0 Å². The summed E-state index contributed by atoms with van der Waals surface area (Å²) < 4.78 is 0.198. The Morgan fingerprint density at radius 1 is 1.35 bits per heavy atom. The average Bonchev–Trinajstić information content (AvgIpc) is 2.99. The van der Waals surface area contributed by atoms with E-state index in [4.69, 9.17) is 5.11 Å². The van der Waals surface area contributed by atoms with Crippen LogP contribution in [0.2, 0.25) is 0 Å². The number of carbonyl (C=O) groups excluding carboxylic acids is 1. The molecule has 2 aliphatic carbocycles. The standard InChI is InChI=1S/C12H19NO3S/c1-17-12(4-2-3-5-12)7-13-10(14)8-6-9(8)11(15)16/h8-9H,2-7H2,1H3,(H,13,14)(H,15,16)/t8-,9+/m1/s1. The Kier molecular flexibility index (Phi) is 3.66. The first-order chi connectivity index (χ1) is 8.08. The molecule has 2 atom stereocenters. The molecule has 96 valence electrons. The minimum absolute atomic E-state index is 0.0716. The van der Waals surface area contributed by atoms with Gasteiger partial charge in [-0.2, -0.15) is 11.8 Å². The average molecular weight is 257 g/mol. The van der Waals surface area contributed by atoms with Gasteiger partial charge >= 0.3 is 5.97 Å². The zero-order valence-corrected chi connectivity index (χ0v) is 10.9. The van der Waals surface area contributed by atoms with E-state index in [1.165, 1.54) is 12.8 Å². The predicted molar refractivity (Wildman–Crippen MR) is 67.0 cm³/mol. The molecule has 2 aliphatic rings. The van der Waals surface area contributed by atoms with E-state index >= 15 is 0 Å². The lowest BCUT2D eigenvalue weighted by molar-refractivity contribution is -0.140. The van der Waals surface area contributed by atoms with Gasteiger partial charge in [0.1, 0.15) is 0 Å². The van der Waals surface area contributed by atoms with Crippen LogP contribution in [0.25, 0.3) is 0 Å². The number of carboxylic acids is 1. The molecule has 5 heteroatoms. The van der Waals surface area contributed by atoms with Crippen LogP contribution in [0.3, 0.4) is 0 Å². The molecule has 2 N–H and O–H groups in total. The summed E-state index contributed by atoms with van der Waals surface area (Å²) in [6.07, 6.45) is 7.38. The second kappa shape index (κ2) is 4.88. The number of aliphatic carboxylic acids is 1. The molecule has 0 saturated heterocycles. The van der Waals surface area contributed by atoms with E-state index in [1.54, 1.807) is 0 Å². The van der Waals surface area contributed by atoms with Gasteiger partial charge in [-0.1, -0.05) is 12.8 Å². The first-order valence-corrected chi connectivity index (χ1v) is 7.36. The lowest BCUT2D eigenvalue weighted by Crippen LogP contribution is -2.39. The highest BCUT2D eigenvalue weighted by atomic mass is 32.2. The third-order valence-corrected chi connectivity index (χ3v) is 5.40. The fourth-order valence-corrected chi connectivity index (χ4v) is 3.52. The second-order valence-electron chi connectivity index (χ2n) is 5.10. The van der Waals surface area contributed by atoms with Crippen LogP contribution in [-0.4, -0.2) is 34.5 Å². The molecule has 0 heterocycles. The molecule has 2 saturated carbocycles. The lowest BCUT2D eigenvalue weighted by Gasteiger charge is -2.26. The lowest BCUT2D eigenvalue weighted by atomic mass is 10.1. The van der Waals surface area contributed by atoms with Crippen molar-refractivity contribution in [1.29, 1.82) is 0 Å². The summed E-state index contributed by atoms with van der Waals surface area (Å²) in [4.78, 5) is 22.4. The van der Waals surface area contributed by atoms with Gasteiger partial charge in [-0.15, -0.1) is 0 Å². The van der Waals surface area contributed by atoms with Crippen LogP contribution in [0.4, 0.5) is 0 Å². The van der Waals surface area contributed by atoms with Gasteiger partial charge in [0, 0.05) is 11.3 Å². The molecule has 0 spiro atoms. The number of nitrogens with one attached hydrogen (secondary N) is 1. The Bertz CT molecular complexity index is 326. The molecule has 2 rings (SSSR count). The van der Waals surface area contributed by atoms with Crippen molar-refractivity contribution in [2.75, 3.05) is 12.8 Å². The van der Waals surface area contributed by atoms with E-state index in [0.29, 0.717) is 13.0 Å². The van der Waals surface area contributed by atoms with Gasteiger partial charge in [-0.05, 0) is 25.5 Å². The largest absolute Gasteiger partial charge is 0.481 e. The Morgan fingerprint density at radius 2 is 2.00 bits per heavy atom. The zero-order chi connectivity index (χ0) is 12.5. The summed E-state index contributed by atoms with van der Waals surface area (Å²) >= 11 is 1.83. The molecule has 4 nitrogen and oxygen atoms in total. The number of rotatable bonds is 5. The molecular weight excluding hydrogens is 238 g/mol. The molecule has 0 aromatic rings. The summed E-state index contributed by atoms with van der Waals surface area (Å²) in [5, 5.41) is 11.7. The Morgan fingerprint density at radius 3 is 2.47 bits per heavy atom. The molecule has 0 radical (unpaired) electrons. The van der Waals surface area contributed by atoms with Crippen LogP contribution in [0.1, 0.15) is 32.1 Å². The molecule has 0 bridgehead atoms. The Balaban J connectivity index is 1.78. The highest BCUT2D eigenvalue weighted by Crippen LogP contribution is 2.41. The highest BCUT2D eigenvalue weighted by Gasteiger charge is 2.48. The zero-order valence-electron chi connectivity index (χ0n) is 10.1. The quantitative estimate of drug-likeness (QED) is 0.783. The van der Waals surface area contributed by atoms with Crippen molar-refractivity contribution in [2.45, 2.75) is 36.9 Å². The molecule has 1 amide bonds. The molecular formula is C12H19NO3S. The van der Waals surface area contributed by atoms with Gasteiger partial charge in [0.05, 0.1) is 11.8 Å². The third-order valence-electron chi connectivity index (χ3n) is 3.98. The number of thioether (sulfide) groups is 1. The van der Waals surface area contributed by atoms with E-state index in [0.717, 1.165) is 12.8 Å². The van der Waals surface area contributed by atoms with E-state index < -0.39 is 11.9 Å². The molecule has 17 heavy (non-hydrogen) atoms. The minimum atomic E-state index is -0.842. The second-order valence-corrected chi connectivity index (χ2v) is 6.37. The maximum absolute atomic E-state index is 11.8. The maximum atomic E-state index is 11.8. The van der Waals surface area contributed by atoms with Crippen molar-refractivity contribution in [3.05, 3.63) is 0 Å². The van der Waals surface area contributed by atoms with Gasteiger partial charge in [-0.25, -0.2) is 0 Å². The van der Waals surface area contributed by atoms with E-state index in [1.807, 2.05) is 11.8 Å². The summed E-state index contributed by atoms with van der Waals surface area (Å²) in [7, 11) is 0. The first-order valence-electron chi connectivity index (χ1n) is 6.14. The Labute approximate surface area is 106 Å². The van der Waals surface area contributed by atoms with E-state index in [2.05, 4.69) is 11.6 Å². The monoisotopic (exact) mass is 257 g/mol. The summed E-state index contributed by atoms with van der Waals surface area (Å²) in [5.74, 6) is -1.64. The molecule has 0 unspecified atom stereocenters. The van der Waals surface area contributed by atoms with E-state index in [-0.39, 0.29) is 16.6 Å². The van der Waals surface area contributed by atoms with Gasteiger partial charge in [-0.3, -0.25) is 9.59 Å². The predicted octanol–water partition coefficient (Wildman–Crippen LogP) is 1.50.